The molecule has 1 aromatic rings. The largest absolute Gasteiger partial charge is 0.488 e. The summed E-state index contributed by atoms with van der Waals surface area (Å²) in [5.74, 6) is 0.867. The van der Waals surface area contributed by atoms with Crippen LogP contribution in [0, 0.1) is 0 Å². The third-order valence-electron chi connectivity index (χ3n) is 2.47. The average Bonchev–Trinajstić information content (AvgIpc) is 2.28. The highest BCUT2D eigenvalue weighted by Gasteiger charge is 2.11. The van der Waals surface area contributed by atoms with E-state index in [0.717, 1.165) is 12.2 Å². The van der Waals surface area contributed by atoms with E-state index in [0.29, 0.717) is 6.54 Å². The van der Waals surface area contributed by atoms with Crippen molar-refractivity contribution >= 4 is 6.03 Å². The van der Waals surface area contributed by atoms with Crippen LogP contribution in [0.1, 0.15) is 40.2 Å². The Hall–Kier alpha value is -1.71. The number of carbonyl (C=O) groups is 1. The minimum Gasteiger partial charge on any atom is -0.488 e. The summed E-state index contributed by atoms with van der Waals surface area (Å²) < 4.78 is 5.76. The molecule has 4 heteroatoms. The van der Waals surface area contributed by atoms with Gasteiger partial charge in [0, 0.05) is 12.6 Å². The van der Waals surface area contributed by atoms with Crippen LogP contribution < -0.4 is 15.4 Å². The first-order valence-corrected chi connectivity index (χ1v) is 7.08. The minimum atomic E-state index is -0.183. The standard InChI is InChI=1S/C16H26N2O2/c1-12(2)18-15(19)17-11-10-13-6-8-14(9-7-13)20-16(3,4)5/h6-9,12H,10-11H2,1-5H3,(H2,17,18,19). The quantitative estimate of drug-likeness (QED) is 0.869. The van der Waals surface area contributed by atoms with Crippen molar-refractivity contribution in [3.05, 3.63) is 29.8 Å². The Labute approximate surface area is 121 Å². The fourth-order valence-electron chi connectivity index (χ4n) is 1.71. The van der Waals surface area contributed by atoms with Crippen molar-refractivity contribution < 1.29 is 9.53 Å². The van der Waals surface area contributed by atoms with Crippen LogP contribution in [0.15, 0.2) is 24.3 Å². The fraction of sp³-hybridized carbons (Fsp3) is 0.562. The lowest BCUT2D eigenvalue weighted by atomic mass is 10.1. The van der Waals surface area contributed by atoms with Crippen LogP contribution in [0.5, 0.6) is 5.75 Å². The summed E-state index contributed by atoms with van der Waals surface area (Å²) in [6.07, 6.45) is 0.807. The van der Waals surface area contributed by atoms with Crippen molar-refractivity contribution in [2.75, 3.05) is 6.54 Å². The third-order valence-corrected chi connectivity index (χ3v) is 2.47. The van der Waals surface area contributed by atoms with E-state index in [4.69, 9.17) is 4.74 Å². The van der Waals surface area contributed by atoms with E-state index in [2.05, 4.69) is 10.6 Å². The van der Waals surface area contributed by atoms with Gasteiger partial charge in [0.2, 0.25) is 0 Å². The van der Waals surface area contributed by atoms with Crippen LogP contribution in [0.3, 0.4) is 0 Å². The van der Waals surface area contributed by atoms with Gasteiger partial charge in [-0.05, 0) is 58.7 Å². The molecule has 0 saturated heterocycles. The molecule has 2 N–H and O–H groups in total. The van der Waals surface area contributed by atoms with Crippen molar-refractivity contribution in [2.24, 2.45) is 0 Å². The number of hydrogen-bond acceptors (Lipinski definition) is 2. The number of hydrogen-bond donors (Lipinski definition) is 2. The van der Waals surface area contributed by atoms with Crippen LogP contribution in [-0.4, -0.2) is 24.2 Å². The Morgan fingerprint density at radius 1 is 1.20 bits per heavy atom. The van der Waals surface area contributed by atoms with Gasteiger partial charge in [-0.25, -0.2) is 4.79 Å². The minimum absolute atomic E-state index is 0.118. The summed E-state index contributed by atoms with van der Waals surface area (Å²) in [4.78, 5) is 11.4. The summed E-state index contributed by atoms with van der Waals surface area (Å²) in [5, 5.41) is 5.63. The van der Waals surface area contributed by atoms with Gasteiger partial charge in [0.15, 0.2) is 0 Å². The molecule has 0 unspecified atom stereocenters. The predicted octanol–water partition coefficient (Wildman–Crippen LogP) is 3.11. The van der Waals surface area contributed by atoms with Crippen molar-refractivity contribution in [3.63, 3.8) is 0 Å². The van der Waals surface area contributed by atoms with Gasteiger partial charge in [-0.2, -0.15) is 0 Å². The zero-order valence-electron chi connectivity index (χ0n) is 13.1. The van der Waals surface area contributed by atoms with E-state index in [9.17, 15) is 4.79 Å². The van der Waals surface area contributed by atoms with Gasteiger partial charge in [0.05, 0.1) is 0 Å². The molecular weight excluding hydrogens is 252 g/mol. The molecule has 0 aliphatic heterocycles. The van der Waals surface area contributed by atoms with E-state index in [1.54, 1.807) is 0 Å². The SMILES string of the molecule is CC(C)NC(=O)NCCc1ccc(OC(C)(C)C)cc1. The molecule has 0 fully saturated rings. The molecule has 0 radical (unpaired) electrons. The summed E-state index contributed by atoms with van der Waals surface area (Å²) in [7, 11) is 0. The summed E-state index contributed by atoms with van der Waals surface area (Å²) in [6.45, 7) is 10.6. The van der Waals surface area contributed by atoms with Crippen LogP contribution in [0.25, 0.3) is 0 Å². The molecule has 0 aliphatic rings. The number of benzene rings is 1. The van der Waals surface area contributed by atoms with E-state index in [1.807, 2.05) is 58.9 Å². The number of carbonyl (C=O) groups excluding carboxylic acids is 1. The Balaban J connectivity index is 2.37. The molecule has 0 saturated carbocycles. The normalized spacial score (nSPS) is 11.3. The average molecular weight is 278 g/mol. The number of ether oxygens (including phenoxy) is 1. The Morgan fingerprint density at radius 2 is 1.80 bits per heavy atom. The summed E-state index contributed by atoms with van der Waals surface area (Å²) in [6, 6.07) is 8.03. The molecule has 0 heterocycles. The maximum atomic E-state index is 11.4. The zero-order chi connectivity index (χ0) is 15.2. The van der Waals surface area contributed by atoms with Crippen molar-refractivity contribution in [3.8, 4) is 5.75 Å². The first-order chi connectivity index (χ1) is 9.26. The van der Waals surface area contributed by atoms with E-state index >= 15 is 0 Å². The first-order valence-electron chi connectivity index (χ1n) is 7.08. The molecule has 0 bridgehead atoms. The maximum absolute atomic E-state index is 11.4. The molecular formula is C16H26N2O2. The van der Waals surface area contributed by atoms with Crippen molar-refractivity contribution in [1.29, 1.82) is 0 Å². The van der Waals surface area contributed by atoms with Crippen molar-refractivity contribution in [1.82, 2.24) is 10.6 Å². The number of amides is 2. The predicted molar refractivity (Wildman–Crippen MR) is 82.2 cm³/mol. The topological polar surface area (TPSA) is 50.4 Å². The van der Waals surface area contributed by atoms with Crippen LogP contribution in [0.2, 0.25) is 0 Å². The molecule has 0 aliphatic carbocycles. The van der Waals surface area contributed by atoms with Crippen LogP contribution in [-0.2, 0) is 6.42 Å². The molecule has 4 nitrogen and oxygen atoms in total. The second kappa shape index (κ2) is 7.17. The molecule has 1 rings (SSSR count). The Morgan fingerprint density at radius 3 is 2.30 bits per heavy atom. The van der Waals surface area contributed by atoms with E-state index < -0.39 is 0 Å². The second-order valence-corrected chi connectivity index (χ2v) is 6.16. The van der Waals surface area contributed by atoms with E-state index in [-0.39, 0.29) is 17.7 Å². The molecule has 0 atom stereocenters. The summed E-state index contributed by atoms with van der Waals surface area (Å²) in [5.41, 5.74) is 0.994. The van der Waals surface area contributed by atoms with Crippen LogP contribution >= 0.6 is 0 Å². The maximum Gasteiger partial charge on any atom is 0.314 e. The van der Waals surface area contributed by atoms with Crippen molar-refractivity contribution in [2.45, 2.75) is 52.7 Å². The van der Waals surface area contributed by atoms with Gasteiger partial charge in [-0.15, -0.1) is 0 Å². The number of nitrogens with one attached hydrogen (secondary N) is 2. The zero-order valence-corrected chi connectivity index (χ0v) is 13.1. The molecule has 2 amide bonds. The number of urea groups is 1. The second-order valence-electron chi connectivity index (χ2n) is 6.16. The van der Waals surface area contributed by atoms with Gasteiger partial charge in [0.1, 0.15) is 11.4 Å². The highest BCUT2D eigenvalue weighted by Crippen LogP contribution is 2.18. The Kier molecular flexibility index (Phi) is 5.86. The lowest BCUT2D eigenvalue weighted by molar-refractivity contribution is 0.131. The van der Waals surface area contributed by atoms with Gasteiger partial charge < -0.3 is 15.4 Å². The van der Waals surface area contributed by atoms with E-state index in [1.165, 1.54) is 5.56 Å². The molecule has 0 spiro atoms. The molecule has 0 aromatic heterocycles. The number of rotatable bonds is 5. The fourth-order valence-corrected chi connectivity index (χ4v) is 1.71. The highest BCUT2D eigenvalue weighted by molar-refractivity contribution is 5.74. The highest BCUT2D eigenvalue weighted by atomic mass is 16.5. The summed E-state index contributed by atoms with van der Waals surface area (Å²) >= 11 is 0. The lowest BCUT2D eigenvalue weighted by Gasteiger charge is -2.21. The molecule has 112 valence electrons. The smallest absolute Gasteiger partial charge is 0.314 e. The van der Waals surface area contributed by atoms with Gasteiger partial charge in [-0.3, -0.25) is 0 Å². The molecule has 20 heavy (non-hydrogen) atoms. The first kappa shape index (κ1) is 16.3. The lowest BCUT2D eigenvalue weighted by Crippen LogP contribution is -2.40. The van der Waals surface area contributed by atoms with Gasteiger partial charge in [-0.1, -0.05) is 12.1 Å². The van der Waals surface area contributed by atoms with Gasteiger partial charge in [0.25, 0.3) is 0 Å². The third kappa shape index (κ3) is 7.02. The molecule has 1 aromatic carbocycles. The van der Waals surface area contributed by atoms with Crippen LogP contribution in [0.4, 0.5) is 4.79 Å². The Bertz CT molecular complexity index is 419. The monoisotopic (exact) mass is 278 g/mol. The van der Waals surface area contributed by atoms with Gasteiger partial charge >= 0.3 is 6.03 Å².